The summed E-state index contributed by atoms with van der Waals surface area (Å²) in [5.41, 5.74) is 2.05. The number of alkyl carbamates (subject to hydrolysis) is 1. The first-order valence-electron chi connectivity index (χ1n) is 5.09. The quantitative estimate of drug-likeness (QED) is 0.399. The number of aliphatic carboxylic acids is 1. The van der Waals surface area contributed by atoms with Crippen LogP contribution in [0.4, 0.5) is 4.79 Å². The van der Waals surface area contributed by atoms with Crippen LogP contribution in [0.15, 0.2) is 0 Å². The molecule has 0 atom stereocenters. The molecule has 0 aromatic carbocycles. The summed E-state index contributed by atoms with van der Waals surface area (Å²) in [6, 6.07) is 0. The van der Waals surface area contributed by atoms with Crippen LogP contribution >= 0.6 is 0 Å². The first-order chi connectivity index (χ1) is 8.06. The van der Waals surface area contributed by atoms with Crippen molar-refractivity contribution in [2.45, 2.75) is 19.8 Å². The second-order valence-electron chi connectivity index (χ2n) is 2.95. The predicted molar refractivity (Wildman–Crippen MR) is 56.0 cm³/mol. The van der Waals surface area contributed by atoms with Crippen molar-refractivity contribution in [2.75, 3.05) is 19.8 Å². The standard InChI is InChI=1S/C9H16N2O6/c1-2-16-9(15)10-6-7(12)11-17-5-3-4-8(13)14/h2-6H2,1H3,(H,10,15)(H,11,12)(H,13,14). The minimum absolute atomic E-state index is 0.0308. The van der Waals surface area contributed by atoms with Gasteiger partial charge in [0.2, 0.25) is 0 Å². The number of carboxylic acids is 1. The first kappa shape index (κ1) is 15.2. The van der Waals surface area contributed by atoms with E-state index in [9.17, 15) is 14.4 Å². The lowest BCUT2D eigenvalue weighted by molar-refractivity contribution is -0.138. The van der Waals surface area contributed by atoms with E-state index in [0.29, 0.717) is 6.42 Å². The summed E-state index contributed by atoms with van der Waals surface area (Å²) in [7, 11) is 0. The van der Waals surface area contributed by atoms with Crippen LogP contribution in [0.1, 0.15) is 19.8 Å². The minimum Gasteiger partial charge on any atom is -0.481 e. The highest BCUT2D eigenvalue weighted by Gasteiger charge is 2.05. The lowest BCUT2D eigenvalue weighted by atomic mass is 10.3. The van der Waals surface area contributed by atoms with E-state index in [-0.39, 0.29) is 26.2 Å². The minimum atomic E-state index is -0.927. The van der Waals surface area contributed by atoms with Crippen LogP contribution in [0.2, 0.25) is 0 Å². The monoisotopic (exact) mass is 248 g/mol. The molecule has 8 heteroatoms. The van der Waals surface area contributed by atoms with E-state index in [1.54, 1.807) is 6.92 Å². The third kappa shape index (κ3) is 10.5. The van der Waals surface area contributed by atoms with Gasteiger partial charge in [0, 0.05) is 6.42 Å². The summed E-state index contributed by atoms with van der Waals surface area (Å²) < 4.78 is 4.53. The van der Waals surface area contributed by atoms with Crippen molar-refractivity contribution >= 4 is 18.0 Å². The van der Waals surface area contributed by atoms with Gasteiger partial charge in [0.15, 0.2) is 0 Å². The van der Waals surface area contributed by atoms with Crippen LogP contribution in [0.25, 0.3) is 0 Å². The lowest BCUT2D eigenvalue weighted by Crippen LogP contribution is -2.37. The topological polar surface area (TPSA) is 114 Å². The molecule has 0 aliphatic rings. The SMILES string of the molecule is CCOC(=O)NCC(=O)NOCCCC(=O)O. The molecule has 0 saturated carbocycles. The van der Waals surface area contributed by atoms with Gasteiger partial charge >= 0.3 is 12.1 Å². The number of carbonyl (C=O) groups is 3. The van der Waals surface area contributed by atoms with Gasteiger partial charge in [-0.05, 0) is 13.3 Å². The third-order valence-electron chi connectivity index (χ3n) is 1.49. The number of carboxylic acid groups (broad SMARTS) is 1. The van der Waals surface area contributed by atoms with Gasteiger partial charge in [-0.15, -0.1) is 0 Å². The smallest absolute Gasteiger partial charge is 0.407 e. The number of hydrogen-bond donors (Lipinski definition) is 3. The zero-order valence-corrected chi connectivity index (χ0v) is 9.52. The van der Waals surface area contributed by atoms with Gasteiger partial charge in [-0.25, -0.2) is 10.3 Å². The second-order valence-corrected chi connectivity index (χ2v) is 2.95. The maximum Gasteiger partial charge on any atom is 0.407 e. The molecule has 0 heterocycles. The summed E-state index contributed by atoms with van der Waals surface area (Å²) in [5, 5.41) is 10.5. The normalized spacial score (nSPS) is 9.47. The largest absolute Gasteiger partial charge is 0.481 e. The summed E-state index contributed by atoms with van der Waals surface area (Å²) in [4.78, 5) is 36.6. The summed E-state index contributed by atoms with van der Waals surface area (Å²) in [5.74, 6) is -1.47. The fraction of sp³-hybridized carbons (Fsp3) is 0.667. The van der Waals surface area contributed by atoms with Gasteiger partial charge in [-0.3, -0.25) is 14.4 Å². The Kier molecular flexibility index (Phi) is 8.39. The van der Waals surface area contributed by atoms with E-state index >= 15 is 0 Å². The molecule has 17 heavy (non-hydrogen) atoms. The molecule has 0 aliphatic carbocycles. The Morgan fingerprint density at radius 3 is 2.59 bits per heavy atom. The van der Waals surface area contributed by atoms with E-state index in [4.69, 9.17) is 5.11 Å². The van der Waals surface area contributed by atoms with Crippen molar-refractivity contribution in [1.29, 1.82) is 0 Å². The molecule has 0 fully saturated rings. The first-order valence-corrected chi connectivity index (χ1v) is 5.09. The second kappa shape index (κ2) is 9.40. The van der Waals surface area contributed by atoms with Crippen LogP contribution in [-0.4, -0.2) is 42.8 Å². The maximum atomic E-state index is 11.0. The van der Waals surface area contributed by atoms with E-state index in [1.165, 1.54) is 0 Å². The summed E-state index contributed by atoms with van der Waals surface area (Å²) in [6.07, 6.45) is -0.425. The van der Waals surface area contributed by atoms with Crippen LogP contribution in [-0.2, 0) is 19.2 Å². The number of hydroxylamine groups is 1. The molecule has 2 amide bonds. The Bertz CT molecular complexity index is 268. The van der Waals surface area contributed by atoms with Gasteiger partial charge in [-0.1, -0.05) is 0 Å². The molecule has 0 aromatic rings. The van der Waals surface area contributed by atoms with Gasteiger partial charge < -0.3 is 15.2 Å². The summed E-state index contributed by atoms with van der Waals surface area (Å²) in [6.45, 7) is 1.69. The third-order valence-corrected chi connectivity index (χ3v) is 1.49. The van der Waals surface area contributed by atoms with E-state index in [2.05, 4.69) is 20.4 Å². The van der Waals surface area contributed by atoms with E-state index in [1.807, 2.05) is 0 Å². The highest BCUT2D eigenvalue weighted by atomic mass is 16.6. The zero-order chi connectivity index (χ0) is 13.1. The molecule has 0 aromatic heterocycles. The van der Waals surface area contributed by atoms with Gasteiger partial charge in [0.25, 0.3) is 5.91 Å². The van der Waals surface area contributed by atoms with Crippen LogP contribution in [0.3, 0.4) is 0 Å². The molecule has 0 bridgehead atoms. The molecular weight excluding hydrogens is 232 g/mol. The molecular formula is C9H16N2O6. The molecule has 0 rings (SSSR count). The van der Waals surface area contributed by atoms with Crippen LogP contribution in [0.5, 0.6) is 0 Å². The number of carbonyl (C=O) groups excluding carboxylic acids is 2. The predicted octanol–water partition coefficient (Wildman–Crippen LogP) is -0.355. The zero-order valence-electron chi connectivity index (χ0n) is 9.52. The Hall–Kier alpha value is -1.83. The molecule has 0 saturated heterocycles. The summed E-state index contributed by atoms with van der Waals surface area (Å²) >= 11 is 0. The highest BCUT2D eigenvalue weighted by Crippen LogP contribution is 1.87. The van der Waals surface area contributed by atoms with Crippen LogP contribution in [0, 0.1) is 0 Å². The molecule has 98 valence electrons. The molecule has 8 nitrogen and oxygen atoms in total. The van der Waals surface area contributed by atoms with E-state index < -0.39 is 18.0 Å². The van der Waals surface area contributed by atoms with Gasteiger partial charge in [0.1, 0.15) is 6.54 Å². The van der Waals surface area contributed by atoms with Crippen molar-refractivity contribution < 1.29 is 29.1 Å². The Morgan fingerprint density at radius 2 is 2.00 bits per heavy atom. The average molecular weight is 248 g/mol. The molecule has 0 spiro atoms. The Morgan fingerprint density at radius 1 is 1.29 bits per heavy atom. The molecule has 0 unspecified atom stereocenters. The van der Waals surface area contributed by atoms with Gasteiger partial charge in [-0.2, -0.15) is 0 Å². The van der Waals surface area contributed by atoms with Crippen LogP contribution < -0.4 is 10.8 Å². The maximum absolute atomic E-state index is 11.0. The van der Waals surface area contributed by atoms with Crippen molar-refractivity contribution in [3.05, 3.63) is 0 Å². The van der Waals surface area contributed by atoms with Gasteiger partial charge in [0.05, 0.1) is 13.2 Å². The number of ether oxygens (including phenoxy) is 1. The van der Waals surface area contributed by atoms with Crippen molar-refractivity contribution in [3.63, 3.8) is 0 Å². The van der Waals surface area contributed by atoms with Crippen molar-refractivity contribution in [1.82, 2.24) is 10.8 Å². The average Bonchev–Trinajstić information content (AvgIpc) is 2.26. The van der Waals surface area contributed by atoms with E-state index in [0.717, 1.165) is 0 Å². The van der Waals surface area contributed by atoms with Crippen molar-refractivity contribution in [3.8, 4) is 0 Å². The number of amides is 2. The Labute approximate surface area is 98.2 Å². The Balaban J connectivity index is 3.40. The number of rotatable bonds is 8. The lowest BCUT2D eigenvalue weighted by Gasteiger charge is -2.06. The molecule has 0 radical (unpaired) electrons. The molecule has 3 N–H and O–H groups in total. The highest BCUT2D eigenvalue weighted by molar-refractivity contribution is 5.81. The fourth-order valence-electron chi connectivity index (χ4n) is 0.798. The fourth-order valence-corrected chi connectivity index (χ4v) is 0.798. The number of hydrogen-bond acceptors (Lipinski definition) is 5. The molecule has 0 aliphatic heterocycles. The van der Waals surface area contributed by atoms with Crippen molar-refractivity contribution in [2.24, 2.45) is 0 Å². The number of nitrogens with one attached hydrogen (secondary N) is 2.